The number of fused-ring (bicyclic) bond motifs is 3. The molecule has 0 spiro atoms. The fourth-order valence-electron chi connectivity index (χ4n) is 3.68. The molecule has 4 rings (SSSR count). The minimum absolute atomic E-state index is 0.0895. The highest BCUT2D eigenvalue weighted by atomic mass is 16.6. The van der Waals surface area contributed by atoms with Crippen molar-refractivity contribution in [1.82, 2.24) is 4.90 Å². The van der Waals surface area contributed by atoms with Crippen molar-refractivity contribution >= 4 is 23.3 Å². The monoisotopic (exact) mass is 419 g/mol. The predicted octanol–water partition coefficient (Wildman–Crippen LogP) is 3.87. The van der Waals surface area contributed by atoms with Gasteiger partial charge in [0.05, 0.1) is 17.7 Å². The lowest BCUT2D eigenvalue weighted by atomic mass is 9.96. The molecule has 0 N–H and O–H groups in total. The van der Waals surface area contributed by atoms with Crippen LogP contribution < -0.4 is 10.4 Å². The van der Waals surface area contributed by atoms with Gasteiger partial charge < -0.3 is 18.8 Å². The second kappa shape index (κ2) is 8.87. The van der Waals surface area contributed by atoms with Crippen LogP contribution in [0.1, 0.15) is 27.0 Å². The van der Waals surface area contributed by atoms with Crippen LogP contribution in [-0.4, -0.2) is 30.4 Å². The Hall–Kier alpha value is -3.87. The Bertz CT molecular complexity index is 1200. The summed E-state index contributed by atoms with van der Waals surface area (Å²) in [5, 5.41) is 0.669. The zero-order valence-electron chi connectivity index (χ0n) is 16.8. The first-order valence-corrected chi connectivity index (χ1v) is 9.88. The van der Waals surface area contributed by atoms with E-state index in [4.69, 9.17) is 13.9 Å². The number of amides is 1. The Morgan fingerprint density at radius 2 is 1.97 bits per heavy atom. The number of benzene rings is 2. The van der Waals surface area contributed by atoms with Gasteiger partial charge in [-0.05, 0) is 29.7 Å². The molecular weight excluding hydrogens is 398 g/mol. The lowest BCUT2D eigenvalue weighted by Gasteiger charge is -2.27. The summed E-state index contributed by atoms with van der Waals surface area (Å²) in [6.45, 7) is 4.38. The van der Waals surface area contributed by atoms with Crippen LogP contribution >= 0.6 is 0 Å². The Labute approximate surface area is 178 Å². The van der Waals surface area contributed by atoms with Crippen molar-refractivity contribution in [1.29, 1.82) is 0 Å². The molecule has 1 aliphatic heterocycles. The average molecular weight is 419 g/mol. The summed E-state index contributed by atoms with van der Waals surface area (Å²) >= 11 is 0. The van der Waals surface area contributed by atoms with E-state index in [0.717, 1.165) is 11.1 Å². The van der Waals surface area contributed by atoms with Crippen LogP contribution in [0.2, 0.25) is 0 Å². The zero-order chi connectivity index (χ0) is 21.8. The maximum Gasteiger partial charge on any atom is 0.410 e. The number of hydrogen-bond acceptors (Lipinski definition) is 6. The minimum Gasteiger partial charge on any atom is -0.488 e. The lowest BCUT2D eigenvalue weighted by Crippen LogP contribution is -2.38. The lowest BCUT2D eigenvalue weighted by molar-refractivity contribution is 0.107. The standard InChI is InChI=1S/C24H21NO6/c1-2-12-29-24(28)25-11-10-17-18-8-9-21(30-15-16-6-4-3-5-7-16)20(14-26)22(18)31-23(27)19(17)13-25/h2-9,14H,1,10-13,15H2. The Morgan fingerprint density at radius 3 is 2.71 bits per heavy atom. The first-order chi connectivity index (χ1) is 15.1. The number of rotatable bonds is 6. The SMILES string of the molecule is C=CCOC(=O)N1CCc2c(c(=O)oc3c(C=O)c(OCc4ccccc4)ccc23)C1. The molecule has 7 nitrogen and oxygen atoms in total. The van der Waals surface area contributed by atoms with Crippen molar-refractivity contribution < 1.29 is 23.5 Å². The predicted molar refractivity (Wildman–Crippen MR) is 114 cm³/mol. The number of ether oxygens (including phenoxy) is 2. The third-order valence-electron chi connectivity index (χ3n) is 5.21. The molecule has 1 aromatic heterocycles. The molecule has 2 heterocycles. The van der Waals surface area contributed by atoms with Gasteiger partial charge in [-0.3, -0.25) is 4.79 Å². The number of aldehydes is 1. The van der Waals surface area contributed by atoms with Crippen molar-refractivity contribution in [2.24, 2.45) is 0 Å². The van der Waals surface area contributed by atoms with Gasteiger partial charge in [0.2, 0.25) is 0 Å². The molecule has 0 bridgehead atoms. The van der Waals surface area contributed by atoms with E-state index in [1.165, 1.54) is 11.0 Å². The molecule has 0 radical (unpaired) electrons. The first kappa shape index (κ1) is 20.4. The van der Waals surface area contributed by atoms with Gasteiger partial charge in [0, 0.05) is 11.9 Å². The van der Waals surface area contributed by atoms with Gasteiger partial charge in [-0.1, -0.05) is 43.0 Å². The molecule has 0 aliphatic carbocycles. The van der Waals surface area contributed by atoms with E-state index in [-0.39, 0.29) is 30.9 Å². The van der Waals surface area contributed by atoms with Gasteiger partial charge in [0.1, 0.15) is 19.0 Å². The van der Waals surface area contributed by atoms with E-state index >= 15 is 0 Å². The summed E-state index contributed by atoms with van der Waals surface area (Å²) < 4.78 is 16.4. The van der Waals surface area contributed by atoms with Crippen LogP contribution in [0.5, 0.6) is 5.75 Å². The highest BCUT2D eigenvalue weighted by Gasteiger charge is 2.27. The molecule has 1 amide bonds. The highest BCUT2D eigenvalue weighted by molar-refractivity contribution is 5.99. The topological polar surface area (TPSA) is 86.0 Å². The van der Waals surface area contributed by atoms with Crippen LogP contribution in [0.15, 0.2) is 64.3 Å². The Morgan fingerprint density at radius 1 is 1.16 bits per heavy atom. The second-order valence-electron chi connectivity index (χ2n) is 7.13. The van der Waals surface area contributed by atoms with E-state index in [9.17, 15) is 14.4 Å². The molecule has 0 atom stereocenters. The smallest absolute Gasteiger partial charge is 0.410 e. The third-order valence-corrected chi connectivity index (χ3v) is 5.21. The van der Waals surface area contributed by atoms with E-state index in [0.29, 0.717) is 36.0 Å². The molecular formula is C24H21NO6. The van der Waals surface area contributed by atoms with Crippen molar-refractivity contribution in [2.45, 2.75) is 19.6 Å². The first-order valence-electron chi connectivity index (χ1n) is 9.88. The summed E-state index contributed by atoms with van der Waals surface area (Å²) in [6, 6.07) is 13.1. The fraction of sp³-hybridized carbons (Fsp3) is 0.208. The van der Waals surface area contributed by atoms with Crippen LogP contribution in [0, 0.1) is 0 Å². The molecule has 3 aromatic rings. The molecule has 0 unspecified atom stereocenters. The van der Waals surface area contributed by atoms with Crippen LogP contribution in [-0.2, 0) is 24.3 Å². The summed E-state index contributed by atoms with van der Waals surface area (Å²) in [6.07, 6.45) is 2.06. The van der Waals surface area contributed by atoms with Crippen molar-refractivity contribution in [3.8, 4) is 5.75 Å². The Balaban J connectivity index is 1.67. The third kappa shape index (κ3) is 4.07. The zero-order valence-corrected chi connectivity index (χ0v) is 16.8. The fourth-order valence-corrected chi connectivity index (χ4v) is 3.68. The molecule has 158 valence electrons. The summed E-state index contributed by atoms with van der Waals surface area (Å²) in [4.78, 5) is 38.1. The molecule has 0 saturated heterocycles. The van der Waals surface area contributed by atoms with E-state index in [2.05, 4.69) is 6.58 Å². The quantitative estimate of drug-likeness (QED) is 0.343. The van der Waals surface area contributed by atoms with Crippen molar-refractivity contribution in [2.75, 3.05) is 13.2 Å². The highest BCUT2D eigenvalue weighted by Crippen LogP contribution is 2.32. The molecule has 1 aliphatic rings. The van der Waals surface area contributed by atoms with Crippen molar-refractivity contribution in [3.63, 3.8) is 0 Å². The molecule has 2 aromatic carbocycles. The average Bonchev–Trinajstić information content (AvgIpc) is 2.81. The number of carbonyl (C=O) groups excluding carboxylic acids is 2. The normalized spacial score (nSPS) is 12.8. The molecule has 31 heavy (non-hydrogen) atoms. The van der Waals surface area contributed by atoms with E-state index in [1.54, 1.807) is 12.1 Å². The molecule has 0 saturated carbocycles. The van der Waals surface area contributed by atoms with Gasteiger partial charge in [-0.25, -0.2) is 9.59 Å². The summed E-state index contributed by atoms with van der Waals surface area (Å²) in [5.74, 6) is 0.347. The van der Waals surface area contributed by atoms with Gasteiger partial charge >= 0.3 is 11.7 Å². The van der Waals surface area contributed by atoms with Crippen LogP contribution in [0.3, 0.4) is 0 Å². The van der Waals surface area contributed by atoms with Gasteiger partial charge in [-0.15, -0.1) is 0 Å². The Kier molecular flexibility index (Phi) is 5.84. The minimum atomic E-state index is -0.577. The molecule has 7 heteroatoms. The van der Waals surface area contributed by atoms with Gasteiger partial charge in [0.25, 0.3) is 0 Å². The number of nitrogens with zero attached hydrogens (tertiary/aromatic N) is 1. The maximum absolute atomic E-state index is 12.7. The molecule has 0 fully saturated rings. The van der Waals surface area contributed by atoms with Crippen LogP contribution in [0.25, 0.3) is 11.0 Å². The van der Waals surface area contributed by atoms with Crippen molar-refractivity contribution in [3.05, 3.63) is 87.8 Å². The van der Waals surface area contributed by atoms with Gasteiger partial charge in [0.15, 0.2) is 11.9 Å². The number of carbonyl (C=O) groups is 2. The largest absolute Gasteiger partial charge is 0.488 e. The maximum atomic E-state index is 12.7. The van der Waals surface area contributed by atoms with E-state index in [1.807, 2.05) is 30.3 Å². The van der Waals surface area contributed by atoms with E-state index < -0.39 is 11.7 Å². The second-order valence-corrected chi connectivity index (χ2v) is 7.13. The summed E-state index contributed by atoms with van der Waals surface area (Å²) in [7, 11) is 0. The summed E-state index contributed by atoms with van der Waals surface area (Å²) in [5.41, 5.74) is 1.94. The van der Waals surface area contributed by atoms with Gasteiger partial charge in [-0.2, -0.15) is 0 Å². The van der Waals surface area contributed by atoms with Crippen LogP contribution in [0.4, 0.5) is 4.79 Å². The number of hydrogen-bond donors (Lipinski definition) is 0.